The van der Waals surface area contributed by atoms with E-state index in [1.807, 2.05) is 6.07 Å². The zero-order valence-corrected chi connectivity index (χ0v) is 24.9. The van der Waals surface area contributed by atoms with Crippen molar-refractivity contribution in [3.63, 3.8) is 0 Å². The summed E-state index contributed by atoms with van der Waals surface area (Å²) in [7, 11) is 0. The van der Waals surface area contributed by atoms with Crippen molar-refractivity contribution in [3.8, 4) is 28.2 Å². The maximum Gasteiger partial charge on any atom is 0.159 e. The van der Waals surface area contributed by atoms with E-state index < -0.39 is 0 Å². The fourth-order valence-corrected chi connectivity index (χ4v) is 6.39. The van der Waals surface area contributed by atoms with Crippen LogP contribution in [0.5, 0.6) is 0 Å². The van der Waals surface area contributed by atoms with Crippen LogP contribution in [0.4, 0.5) is 17.1 Å². The van der Waals surface area contributed by atoms with Crippen molar-refractivity contribution < 1.29 is 0 Å². The van der Waals surface area contributed by atoms with Gasteiger partial charge in [0.1, 0.15) is 0 Å². The van der Waals surface area contributed by atoms with Crippen molar-refractivity contribution in [3.05, 3.63) is 170 Å². The average molecular weight is 579 g/mol. The predicted molar refractivity (Wildman–Crippen MR) is 187 cm³/mol. The molecule has 0 bridgehead atoms. The number of nitrogens with zero attached hydrogens (tertiary/aromatic N) is 4. The van der Waals surface area contributed by atoms with Crippen LogP contribution in [0.3, 0.4) is 0 Å². The van der Waals surface area contributed by atoms with Crippen molar-refractivity contribution in [2.45, 2.75) is 6.92 Å². The maximum absolute atomic E-state index is 4.41. The third-order valence-electron chi connectivity index (χ3n) is 8.51. The number of benzene rings is 6. The van der Waals surface area contributed by atoms with Crippen LogP contribution < -0.4 is 4.90 Å². The Morgan fingerprint density at radius 1 is 0.489 bits per heavy atom. The third-order valence-corrected chi connectivity index (χ3v) is 8.51. The molecule has 0 aliphatic heterocycles. The van der Waals surface area contributed by atoms with Gasteiger partial charge in [-0.15, -0.1) is 0 Å². The Morgan fingerprint density at radius 2 is 1.11 bits per heavy atom. The quantitative estimate of drug-likeness (QED) is 0.197. The molecule has 0 unspecified atom stereocenters. The molecule has 0 spiro atoms. The van der Waals surface area contributed by atoms with Gasteiger partial charge in [0.15, 0.2) is 5.82 Å². The molecule has 0 fully saturated rings. The lowest BCUT2D eigenvalue weighted by Crippen LogP contribution is -2.09. The molecule has 0 radical (unpaired) electrons. The third kappa shape index (κ3) is 4.73. The van der Waals surface area contributed by atoms with Crippen molar-refractivity contribution in [2.24, 2.45) is 0 Å². The largest absolute Gasteiger partial charge is 0.310 e. The van der Waals surface area contributed by atoms with Gasteiger partial charge in [-0.05, 0) is 84.3 Å². The van der Waals surface area contributed by atoms with Gasteiger partial charge < -0.3 is 9.47 Å². The first-order chi connectivity index (χ1) is 22.3. The van der Waals surface area contributed by atoms with Crippen LogP contribution in [0.25, 0.3) is 50.0 Å². The highest BCUT2D eigenvalue weighted by Gasteiger charge is 2.18. The van der Waals surface area contributed by atoms with Crippen LogP contribution in [0.15, 0.2) is 164 Å². The standard InChI is InChI=1S/C41H30N4/c1-29-35(30-20-22-31(23-21-30)41-42-26-11-27-43-41)17-10-19-38(29)45-39-18-9-8-16-36(39)37-28-34(24-25-40(37)45)44(32-12-4-2-5-13-32)33-14-6-3-7-15-33/h2-28H,1H3. The van der Waals surface area contributed by atoms with E-state index in [1.54, 1.807) is 12.4 Å². The number of hydrogen-bond acceptors (Lipinski definition) is 3. The zero-order chi connectivity index (χ0) is 30.2. The number of fused-ring (bicyclic) bond motifs is 3. The molecule has 4 heteroatoms. The first kappa shape index (κ1) is 26.6. The van der Waals surface area contributed by atoms with Crippen LogP contribution in [0.2, 0.25) is 0 Å². The molecule has 0 aliphatic rings. The molecule has 0 atom stereocenters. The van der Waals surface area contributed by atoms with Gasteiger partial charge in [-0.3, -0.25) is 0 Å². The lowest BCUT2D eigenvalue weighted by molar-refractivity contribution is 1.15. The number of anilines is 3. The Morgan fingerprint density at radius 3 is 1.82 bits per heavy atom. The normalized spacial score (nSPS) is 11.2. The summed E-state index contributed by atoms with van der Waals surface area (Å²) >= 11 is 0. The molecular formula is C41H30N4. The summed E-state index contributed by atoms with van der Waals surface area (Å²) in [6.45, 7) is 2.22. The molecule has 0 aliphatic carbocycles. The summed E-state index contributed by atoms with van der Waals surface area (Å²) in [6.07, 6.45) is 3.55. The van der Waals surface area contributed by atoms with Crippen molar-refractivity contribution in [1.82, 2.24) is 14.5 Å². The van der Waals surface area contributed by atoms with Gasteiger partial charge in [-0.2, -0.15) is 0 Å². The lowest BCUT2D eigenvalue weighted by atomic mass is 9.98. The van der Waals surface area contributed by atoms with Crippen LogP contribution in [-0.2, 0) is 0 Å². The van der Waals surface area contributed by atoms with E-state index in [-0.39, 0.29) is 0 Å². The Balaban J connectivity index is 1.27. The first-order valence-electron chi connectivity index (χ1n) is 15.2. The van der Waals surface area contributed by atoms with Gasteiger partial charge in [-0.1, -0.05) is 91.0 Å². The Kier molecular flexibility index (Phi) is 6.65. The minimum Gasteiger partial charge on any atom is -0.310 e. The second-order valence-electron chi connectivity index (χ2n) is 11.2. The number of aromatic nitrogens is 3. The first-order valence-corrected chi connectivity index (χ1v) is 15.2. The van der Waals surface area contributed by atoms with E-state index in [4.69, 9.17) is 0 Å². The summed E-state index contributed by atoms with van der Waals surface area (Å²) in [5, 5.41) is 2.45. The van der Waals surface area contributed by atoms with Crippen molar-refractivity contribution in [2.75, 3.05) is 4.90 Å². The fourth-order valence-electron chi connectivity index (χ4n) is 6.39. The van der Waals surface area contributed by atoms with Crippen molar-refractivity contribution >= 4 is 38.9 Å². The molecule has 214 valence electrons. The summed E-state index contributed by atoms with van der Waals surface area (Å²) in [6, 6.07) is 53.6. The Labute approximate surface area is 262 Å². The summed E-state index contributed by atoms with van der Waals surface area (Å²) in [5.41, 5.74) is 11.5. The fraction of sp³-hybridized carbons (Fsp3) is 0.0244. The highest BCUT2D eigenvalue weighted by Crippen LogP contribution is 2.40. The van der Waals surface area contributed by atoms with Crippen LogP contribution in [0, 0.1) is 6.92 Å². The SMILES string of the molecule is Cc1c(-c2ccc(-c3ncccn3)cc2)cccc1-n1c2ccccc2c2cc(N(c3ccccc3)c3ccccc3)ccc21. The smallest absolute Gasteiger partial charge is 0.159 e. The van der Waals surface area contributed by atoms with Gasteiger partial charge in [-0.25, -0.2) is 9.97 Å². The van der Waals surface area contributed by atoms with Crippen molar-refractivity contribution in [1.29, 1.82) is 0 Å². The van der Waals surface area contributed by atoms with E-state index in [2.05, 4.69) is 172 Å². The number of rotatable bonds is 6. The van der Waals surface area contributed by atoms with E-state index in [0.717, 1.165) is 28.5 Å². The number of hydrogen-bond donors (Lipinski definition) is 0. The van der Waals surface area contributed by atoms with Gasteiger partial charge in [0.2, 0.25) is 0 Å². The van der Waals surface area contributed by atoms with Gasteiger partial charge >= 0.3 is 0 Å². The molecule has 2 aromatic heterocycles. The second-order valence-corrected chi connectivity index (χ2v) is 11.2. The van der Waals surface area contributed by atoms with E-state index >= 15 is 0 Å². The summed E-state index contributed by atoms with van der Waals surface area (Å²) in [4.78, 5) is 11.1. The van der Waals surface area contributed by atoms with Crippen LogP contribution >= 0.6 is 0 Å². The topological polar surface area (TPSA) is 34.0 Å². The Hall–Kier alpha value is -6.00. The molecular weight excluding hydrogens is 548 g/mol. The van der Waals surface area contributed by atoms with E-state index in [0.29, 0.717) is 0 Å². The number of para-hydroxylation sites is 3. The molecule has 45 heavy (non-hydrogen) atoms. The predicted octanol–water partition coefficient (Wildman–Crippen LogP) is 10.7. The molecule has 0 N–H and O–H groups in total. The molecule has 8 rings (SSSR count). The summed E-state index contributed by atoms with van der Waals surface area (Å²) < 4.78 is 2.41. The molecule has 0 saturated heterocycles. The van der Waals surface area contributed by atoms with Crippen LogP contribution in [-0.4, -0.2) is 14.5 Å². The van der Waals surface area contributed by atoms with E-state index in [1.165, 1.54) is 44.2 Å². The molecule has 0 saturated carbocycles. The monoisotopic (exact) mass is 578 g/mol. The lowest BCUT2D eigenvalue weighted by Gasteiger charge is -2.25. The van der Waals surface area contributed by atoms with Gasteiger partial charge in [0, 0.05) is 51.5 Å². The minimum absolute atomic E-state index is 0.734. The molecule has 4 nitrogen and oxygen atoms in total. The average Bonchev–Trinajstić information content (AvgIpc) is 3.43. The molecule has 2 heterocycles. The molecule has 6 aromatic carbocycles. The molecule has 0 amide bonds. The zero-order valence-electron chi connectivity index (χ0n) is 24.9. The van der Waals surface area contributed by atoms with Gasteiger partial charge in [0.25, 0.3) is 0 Å². The molecule has 8 aromatic rings. The second kappa shape index (κ2) is 11.3. The minimum atomic E-state index is 0.734. The van der Waals surface area contributed by atoms with Crippen LogP contribution in [0.1, 0.15) is 5.56 Å². The summed E-state index contributed by atoms with van der Waals surface area (Å²) in [5.74, 6) is 0.734. The highest BCUT2D eigenvalue weighted by molar-refractivity contribution is 6.11. The Bertz CT molecular complexity index is 2220. The van der Waals surface area contributed by atoms with E-state index in [9.17, 15) is 0 Å². The highest BCUT2D eigenvalue weighted by atomic mass is 15.1. The van der Waals surface area contributed by atoms with Gasteiger partial charge in [0.05, 0.1) is 11.0 Å². The maximum atomic E-state index is 4.41.